The van der Waals surface area contributed by atoms with Crippen molar-refractivity contribution in [3.05, 3.63) is 82.9 Å². The van der Waals surface area contributed by atoms with Crippen LogP contribution in [0.25, 0.3) is 0 Å². The van der Waals surface area contributed by atoms with Gasteiger partial charge < -0.3 is 29.7 Å². The lowest BCUT2D eigenvalue weighted by atomic mass is 10.1. The van der Waals surface area contributed by atoms with E-state index in [1.165, 1.54) is 14.2 Å². The minimum absolute atomic E-state index is 0.1000. The molecule has 0 aromatic heterocycles. The van der Waals surface area contributed by atoms with Gasteiger partial charge in [0, 0.05) is 6.54 Å². The lowest BCUT2D eigenvalue weighted by Gasteiger charge is -2.28. The van der Waals surface area contributed by atoms with Crippen LogP contribution in [0.5, 0.6) is 11.5 Å². The predicted octanol–water partition coefficient (Wildman–Crippen LogP) is 5.96. The third kappa shape index (κ3) is 7.16. The van der Waals surface area contributed by atoms with Crippen LogP contribution in [-0.4, -0.2) is 55.2 Å². The molecule has 9 nitrogen and oxygen atoms in total. The quantitative estimate of drug-likeness (QED) is 0.237. The van der Waals surface area contributed by atoms with Crippen LogP contribution in [0.4, 0.5) is 16.2 Å². The summed E-state index contributed by atoms with van der Waals surface area (Å²) in [5, 5.41) is 5.85. The Balaban J connectivity index is 1.37. The summed E-state index contributed by atoms with van der Waals surface area (Å²) < 4.78 is 16.0. The van der Waals surface area contributed by atoms with Gasteiger partial charge in [0.05, 0.1) is 48.6 Å². The number of para-hydroxylation sites is 1. The molecule has 2 N–H and O–H groups in total. The number of hydrogen-bond donors (Lipinski definition) is 2. The molecule has 0 spiro atoms. The number of anilines is 2. The Morgan fingerprint density at radius 3 is 2.42 bits per heavy atom. The fourth-order valence-electron chi connectivity index (χ4n) is 4.43. The number of nitrogens with one attached hydrogen (secondary N) is 2. The van der Waals surface area contributed by atoms with E-state index >= 15 is 0 Å². The average molecular weight is 586 g/mol. The summed E-state index contributed by atoms with van der Waals surface area (Å²) in [7, 11) is 2.80. The molecule has 1 aliphatic heterocycles. The number of likely N-dealkylation sites (tertiary alicyclic amines) is 1. The Kier molecular flexibility index (Phi) is 9.74. The number of rotatable bonds is 9. The van der Waals surface area contributed by atoms with Crippen molar-refractivity contribution in [2.45, 2.75) is 30.9 Å². The normalized spacial score (nSPS) is 15.2. The van der Waals surface area contributed by atoms with Gasteiger partial charge in [-0.1, -0.05) is 41.4 Å². The van der Waals surface area contributed by atoms with Gasteiger partial charge in [-0.05, 0) is 66.9 Å². The highest BCUT2D eigenvalue weighted by Crippen LogP contribution is 2.30. The molecule has 2 atom stereocenters. The van der Waals surface area contributed by atoms with Gasteiger partial charge in [-0.2, -0.15) is 0 Å². The first-order chi connectivity index (χ1) is 19.3. The van der Waals surface area contributed by atoms with Gasteiger partial charge in [0.15, 0.2) is 5.56 Å². The zero-order valence-electron chi connectivity index (χ0n) is 22.0. The van der Waals surface area contributed by atoms with E-state index in [1.807, 2.05) is 0 Å². The lowest BCUT2D eigenvalue weighted by Crippen LogP contribution is -2.43. The maximum atomic E-state index is 13.3. The Morgan fingerprint density at radius 2 is 1.73 bits per heavy atom. The van der Waals surface area contributed by atoms with Crippen molar-refractivity contribution in [1.82, 2.24) is 4.90 Å². The van der Waals surface area contributed by atoms with Crippen LogP contribution in [-0.2, 0) is 16.0 Å². The zero-order valence-corrected chi connectivity index (χ0v) is 23.5. The summed E-state index contributed by atoms with van der Waals surface area (Å²) in [6.45, 7) is 0.566. The van der Waals surface area contributed by atoms with E-state index in [-0.39, 0.29) is 18.4 Å². The summed E-state index contributed by atoms with van der Waals surface area (Å²) in [4.78, 5) is 39.1. The molecule has 0 aliphatic carbocycles. The second kappa shape index (κ2) is 13.4. The Morgan fingerprint density at radius 1 is 1.00 bits per heavy atom. The number of alkyl halides is 1. The number of nitrogens with zero attached hydrogens (tertiary/aromatic N) is 1. The van der Waals surface area contributed by atoms with Crippen LogP contribution in [0.3, 0.4) is 0 Å². The van der Waals surface area contributed by atoms with Crippen molar-refractivity contribution in [2.75, 3.05) is 31.4 Å². The van der Waals surface area contributed by atoms with Gasteiger partial charge in [0.1, 0.15) is 11.5 Å². The second-order valence-corrected chi connectivity index (χ2v) is 9.89. The predicted molar refractivity (Wildman–Crippen MR) is 154 cm³/mol. The van der Waals surface area contributed by atoms with E-state index in [1.54, 1.807) is 71.6 Å². The highest BCUT2D eigenvalue weighted by Gasteiger charge is 2.35. The van der Waals surface area contributed by atoms with Crippen LogP contribution in [0.2, 0.25) is 5.02 Å². The number of esters is 1. The lowest BCUT2D eigenvalue weighted by molar-refractivity contribution is -0.132. The summed E-state index contributed by atoms with van der Waals surface area (Å²) in [6.07, 6.45) is 1.63. The van der Waals surface area contributed by atoms with Crippen molar-refractivity contribution in [1.29, 1.82) is 0 Å². The first-order valence-electron chi connectivity index (χ1n) is 12.6. The van der Waals surface area contributed by atoms with Gasteiger partial charge in [-0.3, -0.25) is 4.79 Å². The molecule has 1 heterocycles. The Hall–Kier alpha value is -3.95. The van der Waals surface area contributed by atoms with E-state index in [0.29, 0.717) is 46.4 Å². The smallest absolute Gasteiger partial charge is 0.337 e. The molecule has 1 aliphatic rings. The fraction of sp³-hybridized carbons (Fsp3) is 0.276. The van der Waals surface area contributed by atoms with Gasteiger partial charge in [0.2, 0.25) is 5.91 Å². The van der Waals surface area contributed by atoms with Crippen LogP contribution < -0.4 is 20.1 Å². The molecule has 0 radical (unpaired) electrons. The molecule has 1 unspecified atom stereocenters. The highest BCUT2D eigenvalue weighted by molar-refractivity contribution is 6.33. The SMILES string of the molecule is COC(=O)c1ccc(OC(Cl)[C@@H]2CCCN2C(=O)Cc2ccc(NC(=O)Nc3ccccc3Cl)c(OC)c2)cc1. The standard InChI is InChI=1S/C29H29Cl2N3O6/c1-38-25-16-18(9-14-23(25)33-29(37)32-22-7-4-3-6-21(22)30)17-26(35)34-15-5-8-24(34)27(31)40-20-12-10-19(11-13-20)28(36)39-2/h3-4,6-7,9-14,16,24,27H,5,8,15,17H2,1-2H3,(H2,32,33,37)/t24-,27?/m0/s1. The van der Waals surface area contributed by atoms with Crippen LogP contribution >= 0.6 is 23.2 Å². The average Bonchev–Trinajstić information content (AvgIpc) is 3.46. The van der Waals surface area contributed by atoms with Gasteiger partial charge in [-0.25, -0.2) is 9.59 Å². The molecule has 40 heavy (non-hydrogen) atoms. The molecule has 0 bridgehead atoms. The molecule has 0 saturated carbocycles. The van der Waals surface area contributed by atoms with E-state index in [4.69, 9.17) is 37.4 Å². The molecule has 3 amide bonds. The zero-order chi connectivity index (χ0) is 28.6. The molecular formula is C29H29Cl2N3O6. The number of benzene rings is 3. The third-order valence-corrected chi connectivity index (χ3v) is 7.15. The van der Waals surface area contributed by atoms with E-state index in [0.717, 1.165) is 12.0 Å². The highest BCUT2D eigenvalue weighted by atomic mass is 35.5. The molecule has 210 valence electrons. The maximum Gasteiger partial charge on any atom is 0.337 e. The van der Waals surface area contributed by atoms with E-state index in [9.17, 15) is 14.4 Å². The summed E-state index contributed by atoms with van der Waals surface area (Å²) in [6, 6.07) is 17.7. The number of hydrogen-bond acceptors (Lipinski definition) is 6. The number of urea groups is 1. The van der Waals surface area contributed by atoms with Gasteiger partial charge in [-0.15, -0.1) is 0 Å². The first kappa shape index (κ1) is 29.0. The molecule has 1 fully saturated rings. The number of halogens is 2. The number of methoxy groups -OCH3 is 2. The molecule has 11 heteroatoms. The summed E-state index contributed by atoms with van der Waals surface area (Å²) in [5.74, 6) is 0.351. The van der Waals surface area contributed by atoms with Crippen LogP contribution in [0.1, 0.15) is 28.8 Å². The Bertz CT molecular complexity index is 1370. The van der Waals surface area contributed by atoms with E-state index < -0.39 is 17.6 Å². The first-order valence-corrected chi connectivity index (χ1v) is 13.4. The van der Waals surface area contributed by atoms with Crippen molar-refractivity contribution in [2.24, 2.45) is 0 Å². The molecular weight excluding hydrogens is 557 g/mol. The van der Waals surface area contributed by atoms with Crippen molar-refractivity contribution in [3.63, 3.8) is 0 Å². The van der Waals surface area contributed by atoms with Gasteiger partial charge in [0.25, 0.3) is 0 Å². The Labute approximate surface area is 242 Å². The summed E-state index contributed by atoms with van der Waals surface area (Å²) in [5.41, 5.74) is 1.26. The van der Waals surface area contributed by atoms with Crippen LogP contribution in [0, 0.1) is 0 Å². The van der Waals surface area contributed by atoms with Crippen molar-refractivity contribution >= 4 is 52.5 Å². The monoisotopic (exact) mass is 585 g/mol. The minimum atomic E-state index is -0.770. The number of ether oxygens (including phenoxy) is 3. The maximum absolute atomic E-state index is 13.3. The largest absolute Gasteiger partial charge is 0.495 e. The van der Waals surface area contributed by atoms with Crippen LogP contribution in [0.15, 0.2) is 66.7 Å². The topological polar surface area (TPSA) is 106 Å². The fourth-order valence-corrected chi connectivity index (χ4v) is 4.98. The van der Waals surface area contributed by atoms with Crippen molar-refractivity contribution < 1.29 is 28.6 Å². The molecule has 1 saturated heterocycles. The van der Waals surface area contributed by atoms with Crippen molar-refractivity contribution in [3.8, 4) is 11.5 Å². The molecule has 3 aromatic carbocycles. The van der Waals surface area contributed by atoms with E-state index in [2.05, 4.69) is 10.6 Å². The van der Waals surface area contributed by atoms with Gasteiger partial charge >= 0.3 is 12.0 Å². The molecule has 3 aromatic rings. The number of carbonyl (C=O) groups is 3. The number of amides is 3. The molecule has 4 rings (SSSR count). The number of carbonyl (C=O) groups excluding carboxylic acids is 3. The summed E-state index contributed by atoms with van der Waals surface area (Å²) >= 11 is 12.7. The third-order valence-electron chi connectivity index (χ3n) is 6.44. The second-order valence-electron chi connectivity index (χ2n) is 9.05. The minimum Gasteiger partial charge on any atom is -0.495 e.